The zero-order valence-electron chi connectivity index (χ0n) is 7.00. The first kappa shape index (κ1) is 7.22. The van der Waals surface area contributed by atoms with E-state index in [-0.39, 0.29) is 0 Å². The molecule has 0 unspecified atom stereocenters. The van der Waals surface area contributed by atoms with Gasteiger partial charge in [0, 0.05) is 11.9 Å². The number of para-hydroxylation sites is 1. The van der Waals surface area contributed by atoms with Crippen molar-refractivity contribution in [2.45, 2.75) is 6.92 Å². The summed E-state index contributed by atoms with van der Waals surface area (Å²) in [6.45, 7) is 2.99. The van der Waals surface area contributed by atoms with Gasteiger partial charge in [-0.3, -0.25) is 0 Å². The number of fused-ring (bicyclic) bond motifs is 1. The molecule has 1 heterocycles. The fourth-order valence-corrected chi connectivity index (χ4v) is 1.31. The van der Waals surface area contributed by atoms with Crippen LogP contribution in [-0.2, 0) is 0 Å². The Morgan fingerprint density at radius 2 is 2.17 bits per heavy atom. The maximum atomic E-state index is 5.34. The molecular formula is C10H11NO. The van der Waals surface area contributed by atoms with Crippen molar-refractivity contribution >= 4 is 16.7 Å². The summed E-state index contributed by atoms with van der Waals surface area (Å²) in [6, 6.07) is 8.01. The summed E-state index contributed by atoms with van der Waals surface area (Å²) >= 11 is 0. The molecule has 1 aromatic heterocycles. The molecule has 2 heteroatoms. The lowest BCUT2D eigenvalue weighted by atomic mass is 10.2. The molecule has 0 aliphatic heterocycles. The van der Waals surface area contributed by atoms with Crippen LogP contribution < -0.4 is 5.32 Å². The largest absolute Gasteiger partial charge is 0.462 e. The first-order valence-corrected chi connectivity index (χ1v) is 4.12. The molecule has 0 bridgehead atoms. The summed E-state index contributed by atoms with van der Waals surface area (Å²) < 4.78 is 5.34. The van der Waals surface area contributed by atoms with Crippen LogP contribution in [0.15, 0.2) is 34.9 Å². The second-order valence-electron chi connectivity index (χ2n) is 2.68. The molecule has 0 amide bonds. The van der Waals surface area contributed by atoms with Crippen LogP contribution in [0, 0.1) is 0 Å². The fraction of sp³-hybridized carbons (Fsp3) is 0.200. The van der Waals surface area contributed by atoms with Crippen molar-refractivity contribution in [3.05, 3.63) is 30.5 Å². The second kappa shape index (κ2) is 2.89. The highest BCUT2D eigenvalue weighted by Gasteiger charge is 2.01. The van der Waals surface area contributed by atoms with E-state index in [0.29, 0.717) is 0 Å². The molecular weight excluding hydrogens is 150 g/mol. The van der Waals surface area contributed by atoms with E-state index >= 15 is 0 Å². The average molecular weight is 161 g/mol. The molecule has 62 valence electrons. The van der Waals surface area contributed by atoms with Gasteiger partial charge in [0.1, 0.15) is 11.8 Å². The summed E-state index contributed by atoms with van der Waals surface area (Å²) in [6.07, 6.45) is 1.76. The van der Waals surface area contributed by atoms with Crippen molar-refractivity contribution in [3.63, 3.8) is 0 Å². The maximum Gasteiger partial charge on any atom is 0.136 e. The Bertz CT molecular complexity index is 378. The molecule has 0 saturated heterocycles. The molecule has 12 heavy (non-hydrogen) atoms. The van der Waals surface area contributed by atoms with Gasteiger partial charge in [-0.05, 0) is 19.1 Å². The van der Waals surface area contributed by atoms with Crippen molar-refractivity contribution in [1.82, 2.24) is 0 Å². The number of anilines is 1. The second-order valence-corrected chi connectivity index (χ2v) is 2.68. The predicted octanol–water partition coefficient (Wildman–Crippen LogP) is 2.86. The van der Waals surface area contributed by atoms with Gasteiger partial charge in [-0.1, -0.05) is 12.1 Å². The van der Waals surface area contributed by atoms with Crippen molar-refractivity contribution in [2.24, 2.45) is 0 Å². The van der Waals surface area contributed by atoms with E-state index in [9.17, 15) is 0 Å². The van der Waals surface area contributed by atoms with Crippen LogP contribution in [0.1, 0.15) is 6.92 Å². The Labute approximate surface area is 71.2 Å². The van der Waals surface area contributed by atoms with E-state index in [1.807, 2.05) is 18.2 Å². The Morgan fingerprint density at radius 1 is 1.33 bits per heavy atom. The van der Waals surface area contributed by atoms with Gasteiger partial charge in [-0.2, -0.15) is 0 Å². The van der Waals surface area contributed by atoms with Crippen molar-refractivity contribution in [2.75, 3.05) is 11.9 Å². The van der Waals surface area contributed by atoms with E-state index < -0.39 is 0 Å². The Hall–Kier alpha value is -1.44. The van der Waals surface area contributed by atoms with Crippen LogP contribution in [0.3, 0.4) is 0 Å². The first-order chi connectivity index (χ1) is 5.92. The molecule has 0 fully saturated rings. The molecule has 2 nitrogen and oxygen atoms in total. The third-order valence-electron chi connectivity index (χ3n) is 1.85. The molecule has 0 saturated carbocycles. The number of hydrogen-bond acceptors (Lipinski definition) is 2. The van der Waals surface area contributed by atoms with Crippen LogP contribution in [-0.4, -0.2) is 6.54 Å². The lowest BCUT2D eigenvalue weighted by Gasteiger charge is -1.96. The van der Waals surface area contributed by atoms with Gasteiger partial charge >= 0.3 is 0 Å². The van der Waals surface area contributed by atoms with E-state index in [2.05, 4.69) is 18.3 Å². The summed E-state index contributed by atoms with van der Waals surface area (Å²) in [5, 5.41) is 4.39. The van der Waals surface area contributed by atoms with Gasteiger partial charge in [0.15, 0.2) is 0 Å². The minimum Gasteiger partial charge on any atom is -0.462 e. The molecule has 0 spiro atoms. The minimum atomic E-state index is 0.920. The normalized spacial score (nSPS) is 10.4. The highest BCUT2D eigenvalue weighted by atomic mass is 16.3. The van der Waals surface area contributed by atoms with E-state index in [1.165, 1.54) is 0 Å². The van der Waals surface area contributed by atoms with Gasteiger partial charge in [0.25, 0.3) is 0 Å². The van der Waals surface area contributed by atoms with Crippen molar-refractivity contribution < 1.29 is 4.42 Å². The average Bonchev–Trinajstić information content (AvgIpc) is 2.50. The molecule has 0 aliphatic rings. The molecule has 2 rings (SSSR count). The first-order valence-electron chi connectivity index (χ1n) is 4.12. The summed E-state index contributed by atoms with van der Waals surface area (Å²) in [5.74, 6) is 0. The summed E-state index contributed by atoms with van der Waals surface area (Å²) in [5.41, 5.74) is 2.02. The Kier molecular flexibility index (Phi) is 1.74. The van der Waals surface area contributed by atoms with Crippen LogP contribution in [0.2, 0.25) is 0 Å². The van der Waals surface area contributed by atoms with Gasteiger partial charge in [0.05, 0.1) is 5.69 Å². The Balaban J connectivity index is 2.55. The number of furan rings is 1. The standard InChI is InChI=1S/C10H11NO/c1-2-11-9-7-12-10-6-4-3-5-8(9)10/h3-7,11H,2H2,1H3. The minimum absolute atomic E-state index is 0.920. The van der Waals surface area contributed by atoms with Crippen LogP contribution in [0.5, 0.6) is 0 Å². The third kappa shape index (κ3) is 1.05. The van der Waals surface area contributed by atoms with Crippen molar-refractivity contribution in [1.29, 1.82) is 0 Å². The quantitative estimate of drug-likeness (QED) is 0.732. The van der Waals surface area contributed by atoms with E-state index in [4.69, 9.17) is 4.42 Å². The molecule has 1 N–H and O–H groups in total. The van der Waals surface area contributed by atoms with Gasteiger partial charge in [0.2, 0.25) is 0 Å². The number of hydrogen-bond donors (Lipinski definition) is 1. The highest BCUT2D eigenvalue weighted by molar-refractivity contribution is 5.90. The zero-order valence-corrected chi connectivity index (χ0v) is 7.00. The van der Waals surface area contributed by atoms with E-state index in [0.717, 1.165) is 23.2 Å². The van der Waals surface area contributed by atoms with Crippen LogP contribution >= 0.6 is 0 Å². The van der Waals surface area contributed by atoms with Gasteiger partial charge in [-0.25, -0.2) is 0 Å². The summed E-state index contributed by atoms with van der Waals surface area (Å²) in [4.78, 5) is 0. The van der Waals surface area contributed by atoms with E-state index in [1.54, 1.807) is 6.26 Å². The monoisotopic (exact) mass is 161 g/mol. The Morgan fingerprint density at radius 3 is 3.00 bits per heavy atom. The number of rotatable bonds is 2. The fourth-order valence-electron chi connectivity index (χ4n) is 1.31. The smallest absolute Gasteiger partial charge is 0.136 e. The molecule has 0 atom stereocenters. The predicted molar refractivity (Wildman–Crippen MR) is 50.4 cm³/mol. The SMILES string of the molecule is CCNc1coc2ccccc12. The molecule has 0 aliphatic carbocycles. The third-order valence-corrected chi connectivity index (χ3v) is 1.85. The van der Waals surface area contributed by atoms with Crippen LogP contribution in [0.25, 0.3) is 11.0 Å². The van der Waals surface area contributed by atoms with Crippen molar-refractivity contribution in [3.8, 4) is 0 Å². The van der Waals surface area contributed by atoms with Crippen LogP contribution in [0.4, 0.5) is 5.69 Å². The number of benzene rings is 1. The summed E-state index contributed by atoms with van der Waals surface area (Å²) in [7, 11) is 0. The highest BCUT2D eigenvalue weighted by Crippen LogP contribution is 2.24. The number of nitrogens with one attached hydrogen (secondary N) is 1. The lowest BCUT2D eigenvalue weighted by Crippen LogP contribution is -1.94. The molecule has 0 radical (unpaired) electrons. The maximum absolute atomic E-state index is 5.34. The lowest BCUT2D eigenvalue weighted by molar-refractivity contribution is 0.616. The molecule has 2 aromatic rings. The molecule has 1 aromatic carbocycles. The topological polar surface area (TPSA) is 25.2 Å². The van der Waals surface area contributed by atoms with Gasteiger partial charge < -0.3 is 9.73 Å². The van der Waals surface area contributed by atoms with Gasteiger partial charge in [-0.15, -0.1) is 0 Å². The zero-order chi connectivity index (χ0) is 8.39.